The van der Waals surface area contributed by atoms with E-state index < -0.39 is 0 Å². The van der Waals surface area contributed by atoms with Crippen LogP contribution in [0.3, 0.4) is 0 Å². The molecule has 4 nitrogen and oxygen atoms in total. The van der Waals surface area contributed by atoms with Crippen molar-refractivity contribution in [3.8, 4) is 11.4 Å². The molecule has 2 aromatic heterocycles. The van der Waals surface area contributed by atoms with Crippen LogP contribution in [0.15, 0.2) is 36.5 Å². The van der Waals surface area contributed by atoms with E-state index in [0.717, 1.165) is 22.4 Å². The number of nitrogens with two attached hydrogens (primary N) is 1. The smallest absolute Gasteiger partial charge is 0.141 e. The summed E-state index contributed by atoms with van der Waals surface area (Å²) in [5.74, 6) is 1.30. The molecule has 3 rings (SSSR count). The number of aryl methyl sites for hydroxylation is 1. The third kappa shape index (κ3) is 1.62. The number of benzene rings is 1. The number of imidazole rings is 1. The number of para-hydroxylation sites is 1. The van der Waals surface area contributed by atoms with E-state index in [0.29, 0.717) is 10.8 Å². The van der Waals surface area contributed by atoms with Crippen molar-refractivity contribution in [2.24, 2.45) is 7.05 Å². The number of hydrogen-bond donors (Lipinski definition) is 1. The number of aromatic nitrogens is 3. The van der Waals surface area contributed by atoms with Crippen LogP contribution < -0.4 is 5.73 Å². The summed E-state index contributed by atoms with van der Waals surface area (Å²) in [6.45, 7) is 0. The number of halogens is 1. The fourth-order valence-corrected chi connectivity index (χ4v) is 2.36. The summed E-state index contributed by atoms with van der Waals surface area (Å²) in [6, 6.07) is 9.37. The second-order valence-electron chi connectivity index (χ2n) is 4.07. The summed E-state index contributed by atoms with van der Waals surface area (Å²) in [5.41, 5.74) is 8.42. The minimum Gasteiger partial charge on any atom is -0.384 e. The van der Waals surface area contributed by atoms with Gasteiger partial charge in [-0.1, -0.05) is 17.7 Å². The lowest BCUT2D eigenvalue weighted by Crippen LogP contribution is -1.95. The fraction of sp³-hybridized carbons (Fsp3) is 0.0769. The normalized spacial score (nSPS) is 11.0. The van der Waals surface area contributed by atoms with Crippen LogP contribution in [0.2, 0.25) is 5.02 Å². The van der Waals surface area contributed by atoms with Crippen LogP contribution in [-0.4, -0.2) is 14.5 Å². The number of fused-ring (bicyclic) bond motifs is 1. The van der Waals surface area contributed by atoms with Crippen LogP contribution in [0.4, 0.5) is 5.82 Å². The quantitative estimate of drug-likeness (QED) is 0.730. The topological polar surface area (TPSA) is 56.7 Å². The first-order valence-electron chi connectivity index (χ1n) is 5.49. The Balaban J connectivity index is 2.31. The van der Waals surface area contributed by atoms with Gasteiger partial charge in [0.05, 0.1) is 16.1 Å². The molecule has 2 heterocycles. The molecule has 0 unspecified atom stereocenters. The van der Waals surface area contributed by atoms with E-state index in [2.05, 4.69) is 9.97 Å². The number of nitrogen functional groups attached to an aromatic ring is 1. The fourth-order valence-electron chi connectivity index (χ4n) is 2.07. The molecule has 0 fully saturated rings. The van der Waals surface area contributed by atoms with Gasteiger partial charge in [-0.2, -0.15) is 0 Å². The largest absolute Gasteiger partial charge is 0.384 e. The summed E-state index contributed by atoms with van der Waals surface area (Å²) >= 11 is 6.20. The van der Waals surface area contributed by atoms with E-state index in [1.165, 1.54) is 0 Å². The number of pyridine rings is 1. The van der Waals surface area contributed by atoms with Crippen LogP contribution in [0, 0.1) is 0 Å². The predicted molar refractivity (Wildman–Crippen MR) is 73.4 cm³/mol. The lowest BCUT2D eigenvalue weighted by Gasteiger charge is -2.03. The van der Waals surface area contributed by atoms with E-state index in [4.69, 9.17) is 17.3 Å². The Morgan fingerprint density at radius 2 is 2.11 bits per heavy atom. The highest BCUT2D eigenvalue weighted by atomic mass is 35.5. The third-order valence-electron chi connectivity index (χ3n) is 2.88. The maximum absolute atomic E-state index is 6.20. The summed E-state index contributed by atoms with van der Waals surface area (Å²) in [5, 5.41) is 0.691. The first kappa shape index (κ1) is 11.0. The zero-order valence-electron chi connectivity index (χ0n) is 9.76. The molecule has 0 spiro atoms. The van der Waals surface area contributed by atoms with Crippen LogP contribution >= 0.6 is 11.6 Å². The van der Waals surface area contributed by atoms with E-state index >= 15 is 0 Å². The highest BCUT2D eigenvalue weighted by Gasteiger charge is 2.12. The molecule has 0 saturated carbocycles. The summed E-state index contributed by atoms with van der Waals surface area (Å²) in [6.07, 6.45) is 1.67. The molecular formula is C13H11ClN4. The third-order valence-corrected chi connectivity index (χ3v) is 3.19. The average Bonchev–Trinajstić information content (AvgIpc) is 2.68. The minimum absolute atomic E-state index is 0.477. The number of nitrogens with zero attached hydrogens (tertiary/aromatic N) is 3. The molecular weight excluding hydrogens is 248 g/mol. The second kappa shape index (κ2) is 3.99. The van der Waals surface area contributed by atoms with Crippen LogP contribution in [0.1, 0.15) is 0 Å². The Bertz CT molecular complexity index is 733. The molecule has 0 aliphatic heterocycles. The van der Waals surface area contributed by atoms with Gasteiger partial charge in [0.1, 0.15) is 11.6 Å². The van der Waals surface area contributed by atoms with Crippen molar-refractivity contribution >= 4 is 28.5 Å². The standard InChI is InChI=1S/C13H11ClN4/c1-18-12-9(14)3-2-4-10(12)17-13(18)8-5-6-16-11(15)7-8/h2-7H,1H3,(H2,15,16). The average molecular weight is 259 g/mol. The van der Waals surface area contributed by atoms with Gasteiger partial charge in [0.2, 0.25) is 0 Å². The minimum atomic E-state index is 0.477. The van der Waals surface area contributed by atoms with Crippen molar-refractivity contribution in [2.45, 2.75) is 0 Å². The molecule has 0 aliphatic rings. The Morgan fingerprint density at radius 3 is 2.83 bits per heavy atom. The molecule has 18 heavy (non-hydrogen) atoms. The zero-order valence-corrected chi connectivity index (χ0v) is 10.5. The van der Waals surface area contributed by atoms with Crippen LogP contribution in [-0.2, 0) is 7.05 Å². The second-order valence-corrected chi connectivity index (χ2v) is 4.48. The number of anilines is 1. The van der Waals surface area contributed by atoms with Crippen LogP contribution in [0.5, 0.6) is 0 Å². The maximum Gasteiger partial charge on any atom is 0.141 e. The van der Waals surface area contributed by atoms with E-state index in [-0.39, 0.29) is 0 Å². The number of rotatable bonds is 1. The molecule has 0 saturated heterocycles. The van der Waals surface area contributed by atoms with E-state index in [9.17, 15) is 0 Å². The highest BCUT2D eigenvalue weighted by Crippen LogP contribution is 2.28. The van der Waals surface area contributed by atoms with Gasteiger partial charge < -0.3 is 10.3 Å². The van der Waals surface area contributed by atoms with Crippen molar-refractivity contribution in [1.29, 1.82) is 0 Å². The zero-order chi connectivity index (χ0) is 12.7. The molecule has 0 aliphatic carbocycles. The number of hydrogen-bond acceptors (Lipinski definition) is 3. The van der Waals surface area contributed by atoms with Gasteiger partial charge in [0.15, 0.2) is 0 Å². The molecule has 3 aromatic rings. The van der Waals surface area contributed by atoms with Crippen molar-refractivity contribution in [1.82, 2.24) is 14.5 Å². The summed E-state index contributed by atoms with van der Waals surface area (Å²) in [7, 11) is 1.94. The Kier molecular flexibility index (Phi) is 2.45. The van der Waals surface area contributed by atoms with Gasteiger partial charge in [-0.3, -0.25) is 0 Å². The van der Waals surface area contributed by atoms with Gasteiger partial charge in [0.25, 0.3) is 0 Å². The van der Waals surface area contributed by atoms with E-state index in [1.54, 1.807) is 12.3 Å². The van der Waals surface area contributed by atoms with Crippen molar-refractivity contribution in [3.05, 3.63) is 41.6 Å². The molecule has 0 bridgehead atoms. The molecule has 0 radical (unpaired) electrons. The molecule has 0 amide bonds. The SMILES string of the molecule is Cn1c(-c2ccnc(N)c2)nc2cccc(Cl)c21. The summed E-state index contributed by atoms with van der Waals surface area (Å²) in [4.78, 5) is 8.56. The predicted octanol–water partition coefficient (Wildman–Crippen LogP) is 2.87. The van der Waals surface area contributed by atoms with Gasteiger partial charge in [-0.05, 0) is 24.3 Å². The van der Waals surface area contributed by atoms with Crippen LogP contribution in [0.25, 0.3) is 22.4 Å². The van der Waals surface area contributed by atoms with Gasteiger partial charge in [0, 0.05) is 18.8 Å². The van der Waals surface area contributed by atoms with Gasteiger partial charge in [-0.15, -0.1) is 0 Å². The molecule has 90 valence electrons. The summed E-state index contributed by atoms with van der Waals surface area (Å²) < 4.78 is 1.96. The van der Waals surface area contributed by atoms with Crippen molar-refractivity contribution in [2.75, 3.05) is 5.73 Å². The molecule has 0 atom stereocenters. The Hall–Kier alpha value is -2.07. The molecule has 5 heteroatoms. The van der Waals surface area contributed by atoms with Gasteiger partial charge >= 0.3 is 0 Å². The van der Waals surface area contributed by atoms with E-state index in [1.807, 2.05) is 35.9 Å². The van der Waals surface area contributed by atoms with Gasteiger partial charge in [-0.25, -0.2) is 9.97 Å². The molecule has 1 aromatic carbocycles. The Labute approximate surface area is 109 Å². The highest BCUT2D eigenvalue weighted by molar-refractivity contribution is 6.35. The van der Waals surface area contributed by atoms with Crippen molar-refractivity contribution in [3.63, 3.8) is 0 Å². The van der Waals surface area contributed by atoms with Crippen molar-refractivity contribution < 1.29 is 0 Å². The first-order valence-corrected chi connectivity index (χ1v) is 5.87. The lowest BCUT2D eigenvalue weighted by atomic mass is 10.2. The molecule has 2 N–H and O–H groups in total. The lowest BCUT2D eigenvalue weighted by molar-refractivity contribution is 0.959. The maximum atomic E-state index is 6.20. The first-order chi connectivity index (χ1) is 8.66. The Morgan fingerprint density at radius 1 is 1.28 bits per heavy atom. The monoisotopic (exact) mass is 258 g/mol.